The first-order valence-corrected chi connectivity index (χ1v) is 9.73. The predicted octanol–water partition coefficient (Wildman–Crippen LogP) is 2.53. The predicted molar refractivity (Wildman–Crippen MR) is 109 cm³/mol. The second kappa shape index (κ2) is 9.38. The summed E-state index contributed by atoms with van der Waals surface area (Å²) in [6, 6.07) is 17.8. The van der Waals surface area contributed by atoms with Crippen LogP contribution < -0.4 is 9.64 Å². The van der Waals surface area contributed by atoms with Gasteiger partial charge in [-0.1, -0.05) is 36.4 Å². The van der Waals surface area contributed by atoms with E-state index in [2.05, 4.69) is 36.4 Å². The number of nitrogens with zero attached hydrogens (tertiary/aromatic N) is 1. The van der Waals surface area contributed by atoms with E-state index in [1.165, 1.54) is 10.5 Å². The zero-order valence-electron chi connectivity index (χ0n) is 16.2. The maximum atomic E-state index is 12.7. The fraction of sp³-hybridized carbons (Fsp3) is 0.348. The Balaban J connectivity index is 1.47. The van der Waals surface area contributed by atoms with Crippen molar-refractivity contribution in [2.75, 3.05) is 32.7 Å². The van der Waals surface area contributed by atoms with Gasteiger partial charge in [0, 0.05) is 5.56 Å². The van der Waals surface area contributed by atoms with E-state index in [-0.39, 0.29) is 12.0 Å². The highest BCUT2D eigenvalue weighted by molar-refractivity contribution is 5.94. The molecule has 1 heterocycles. The van der Waals surface area contributed by atoms with Crippen molar-refractivity contribution in [2.24, 2.45) is 0 Å². The van der Waals surface area contributed by atoms with Crippen molar-refractivity contribution in [1.29, 1.82) is 0 Å². The molecule has 4 heteroatoms. The molecule has 1 amide bonds. The van der Waals surface area contributed by atoms with E-state index >= 15 is 0 Å². The number of quaternary nitrogens is 1. The Hall–Kier alpha value is -2.59. The third-order valence-corrected chi connectivity index (χ3v) is 4.75. The standard InChI is InChI=1S/C23H28N2O2/c1-19(2)27-22-12-10-21(11-13-22)23(26)25-17-15-24(16-18-25)14-6-9-20-7-4-3-5-8-20/h3-13,19H,14-18H2,1-2H3/p+1/b9-6+. The van der Waals surface area contributed by atoms with Gasteiger partial charge in [-0.15, -0.1) is 0 Å². The molecule has 0 bridgehead atoms. The highest BCUT2D eigenvalue weighted by Crippen LogP contribution is 2.15. The summed E-state index contributed by atoms with van der Waals surface area (Å²) in [5.41, 5.74) is 1.97. The Morgan fingerprint density at radius 2 is 1.74 bits per heavy atom. The highest BCUT2D eigenvalue weighted by atomic mass is 16.5. The molecule has 3 rings (SSSR count). The number of amides is 1. The van der Waals surface area contributed by atoms with Crippen LogP contribution >= 0.6 is 0 Å². The molecule has 0 unspecified atom stereocenters. The summed E-state index contributed by atoms with van der Waals surface area (Å²) in [5, 5.41) is 0. The first kappa shape index (κ1) is 19.2. The van der Waals surface area contributed by atoms with Gasteiger partial charge in [-0.05, 0) is 49.8 Å². The van der Waals surface area contributed by atoms with E-state index in [0.717, 1.165) is 44.0 Å². The number of rotatable bonds is 6. The van der Waals surface area contributed by atoms with Crippen LogP contribution in [0.4, 0.5) is 0 Å². The SMILES string of the molecule is CC(C)Oc1ccc(C(=O)N2CC[NH+](C/C=C/c3ccccc3)CC2)cc1. The van der Waals surface area contributed by atoms with Gasteiger partial charge in [0.2, 0.25) is 0 Å². The van der Waals surface area contributed by atoms with Gasteiger partial charge < -0.3 is 14.5 Å². The molecule has 2 aromatic rings. The molecule has 0 aromatic heterocycles. The van der Waals surface area contributed by atoms with Crippen LogP contribution in [0, 0.1) is 0 Å². The largest absolute Gasteiger partial charge is 0.491 e. The zero-order valence-corrected chi connectivity index (χ0v) is 16.2. The van der Waals surface area contributed by atoms with Gasteiger partial charge in [0.25, 0.3) is 5.91 Å². The first-order chi connectivity index (χ1) is 13.1. The summed E-state index contributed by atoms with van der Waals surface area (Å²) in [7, 11) is 0. The molecule has 0 spiro atoms. The lowest BCUT2D eigenvalue weighted by atomic mass is 10.1. The van der Waals surface area contributed by atoms with Gasteiger partial charge in [-0.25, -0.2) is 0 Å². The number of carbonyl (C=O) groups excluding carboxylic acids is 1. The number of benzene rings is 2. The Labute approximate surface area is 162 Å². The van der Waals surface area contributed by atoms with Gasteiger partial charge in [-0.3, -0.25) is 4.79 Å². The lowest BCUT2D eigenvalue weighted by Gasteiger charge is -2.31. The molecule has 1 N–H and O–H groups in total. The number of carbonyl (C=O) groups is 1. The van der Waals surface area contributed by atoms with Crippen molar-refractivity contribution < 1.29 is 14.4 Å². The fourth-order valence-corrected chi connectivity index (χ4v) is 3.29. The van der Waals surface area contributed by atoms with Crippen LogP contribution in [0.25, 0.3) is 6.08 Å². The number of nitrogens with one attached hydrogen (secondary N) is 1. The van der Waals surface area contributed by atoms with Crippen molar-refractivity contribution in [3.8, 4) is 5.75 Å². The lowest BCUT2D eigenvalue weighted by molar-refractivity contribution is -0.898. The van der Waals surface area contributed by atoms with Crippen LogP contribution in [0.2, 0.25) is 0 Å². The van der Waals surface area contributed by atoms with E-state index in [9.17, 15) is 4.79 Å². The molecule has 2 aromatic carbocycles. The Kier molecular flexibility index (Phi) is 6.66. The summed E-state index contributed by atoms with van der Waals surface area (Å²) in [6.45, 7) is 8.57. The van der Waals surface area contributed by atoms with E-state index in [4.69, 9.17) is 4.74 Å². The minimum absolute atomic E-state index is 0.116. The number of hydrogen-bond acceptors (Lipinski definition) is 2. The van der Waals surface area contributed by atoms with Gasteiger partial charge in [0.1, 0.15) is 5.75 Å². The van der Waals surface area contributed by atoms with E-state index in [1.807, 2.05) is 49.1 Å². The molecule has 4 nitrogen and oxygen atoms in total. The second-order valence-corrected chi connectivity index (χ2v) is 7.25. The summed E-state index contributed by atoms with van der Waals surface area (Å²) in [4.78, 5) is 16.2. The highest BCUT2D eigenvalue weighted by Gasteiger charge is 2.23. The molecule has 0 radical (unpaired) electrons. The Morgan fingerprint density at radius 3 is 2.37 bits per heavy atom. The molecule has 27 heavy (non-hydrogen) atoms. The Bertz CT molecular complexity index is 746. The molecular weight excluding hydrogens is 336 g/mol. The Morgan fingerprint density at radius 1 is 1.07 bits per heavy atom. The second-order valence-electron chi connectivity index (χ2n) is 7.25. The third kappa shape index (κ3) is 5.69. The van der Waals surface area contributed by atoms with Crippen LogP contribution in [0.15, 0.2) is 60.7 Å². The van der Waals surface area contributed by atoms with Crippen molar-refractivity contribution in [2.45, 2.75) is 20.0 Å². The minimum Gasteiger partial charge on any atom is -0.491 e. The van der Waals surface area contributed by atoms with E-state index in [0.29, 0.717) is 0 Å². The average molecular weight is 365 g/mol. The smallest absolute Gasteiger partial charge is 0.254 e. The summed E-state index contributed by atoms with van der Waals surface area (Å²) in [6.07, 6.45) is 4.54. The van der Waals surface area contributed by atoms with Gasteiger partial charge in [-0.2, -0.15) is 0 Å². The first-order valence-electron chi connectivity index (χ1n) is 9.73. The van der Waals surface area contributed by atoms with Crippen molar-refractivity contribution in [3.63, 3.8) is 0 Å². The number of piperazine rings is 1. The normalized spacial score (nSPS) is 15.4. The number of hydrogen-bond donors (Lipinski definition) is 1. The number of ether oxygens (including phenoxy) is 1. The third-order valence-electron chi connectivity index (χ3n) is 4.75. The summed E-state index contributed by atoms with van der Waals surface area (Å²) in [5.74, 6) is 0.922. The molecule has 0 saturated carbocycles. The van der Waals surface area contributed by atoms with Gasteiger partial charge in [0.05, 0.1) is 38.8 Å². The molecule has 1 aliphatic heterocycles. The minimum atomic E-state index is 0.116. The molecule has 142 valence electrons. The average Bonchev–Trinajstić information content (AvgIpc) is 2.69. The van der Waals surface area contributed by atoms with Crippen LogP contribution in [0.3, 0.4) is 0 Å². The summed E-state index contributed by atoms with van der Waals surface area (Å²) >= 11 is 0. The molecule has 1 saturated heterocycles. The topological polar surface area (TPSA) is 34.0 Å². The molecule has 1 fully saturated rings. The quantitative estimate of drug-likeness (QED) is 0.854. The van der Waals surface area contributed by atoms with E-state index < -0.39 is 0 Å². The van der Waals surface area contributed by atoms with Crippen molar-refractivity contribution in [1.82, 2.24) is 4.90 Å². The molecule has 1 aliphatic rings. The maximum absolute atomic E-state index is 12.7. The monoisotopic (exact) mass is 365 g/mol. The van der Waals surface area contributed by atoms with Crippen molar-refractivity contribution >= 4 is 12.0 Å². The van der Waals surface area contributed by atoms with Crippen LogP contribution in [0.1, 0.15) is 29.8 Å². The maximum Gasteiger partial charge on any atom is 0.254 e. The van der Waals surface area contributed by atoms with Crippen LogP contribution in [-0.4, -0.2) is 49.6 Å². The molecular formula is C23H29N2O2+. The van der Waals surface area contributed by atoms with Gasteiger partial charge in [0.15, 0.2) is 0 Å². The lowest BCUT2D eigenvalue weighted by Crippen LogP contribution is -3.14. The zero-order chi connectivity index (χ0) is 19.1. The van der Waals surface area contributed by atoms with Crippen LogP contribution in [0.5, 0.6) is 5.75 Å². The van der Waals surface area contributed by atoms with E-state index in [1.54, 1.807) is 0 Å². The fourth-order valence-electron chi connectivity index (χ4n) is 3.29. The summed E-state index contributed by atoms with van der Waals surface area (Å²) < 4.78 is 5.64. The van der Waals surface area contributed by atoms with Gasteiger partial charge >= 0.3 is 0 Å². The molecule has 0 atom stereocenters. The van der Waals surface area contributed by atoms with Crippen molar-refractivity contribution in [3.05, 3.63) is 71.8 Å². The van der Waals surface area contributed by atoms with Crippen LogP contribution in [-0.2, 0) is 0 Å². The molecule has 0 aliphatic carbocycles.